The van der Waals surface area contributed by atoms with Gasteiger partial charge in [-0.05, 0) is 69.9 Å². The monoisotopic (exact) mass is 358 g/mol. The molecule has 6 heteroatoms. The predicted octanol–water partition coefficient (Wildman–Crippen LogP) is 2.98. The molecule has 4 rings (SSSR count). The van der Waals surface area contributed by atoms with Crippen molar-refractivity contribution in [1.29, 1.82) is 0 Å². The van der Waals surface area contributed by atoms with Gasteiger partial charge in [0.15, 0.2) is 0 Å². The van der Waals surface area contributed by atoms with E-state index in [2.05, 4.69) is 61.1 Å². The summed E-state index contributed by atoms with van der Waals surface area (Å²) < 4.78 is 1.72. The first-order valence-corrected chi connectivity index (χ1v) is 9.22. The van der Waals surface area contributed by atoms with Gasteiger partial charge in [-0.1, -0.05) is 5.92 Å². The molecule has 1 aliphatic heterocycles. The Morgan fingerprint density at radius 3 is 2.30 bits per heavy atom. The van der Waals surface area contributed by atoms with E-state index in [9.17, 15) is 0 Å². The van der Waals surface area contributed by atoms with Crippen molar-refractivity contribution >= 4 is 5.69 Å². The van der Waals surface area contributed by atoms with Gasteiger partial charge in [0.2, 0.25) is 5.82 Å². The molecule has 0 radical (unpaired) electrons. The van der Waals surface area contributed by atoms with Crippen LogP contribution in [0.5, 0.6) is 0 Å². The second kappa shape index (κ2) is 7.20. The van der Waals surface area contributed by atoms with E-state index in [0.717, 1.165) is 30.0 Å². The third-order valence-electron chi connectivity index (χ3n) is 4.59. The van der Waals surface area contributed by atoms with Gasteiger partial charge in [-0.3, -0.25) is 0 Å². The molecule has 0 spiro atoms. The second-order valence-electron chi connectivity index (χ2n) is 6.84. The summed E-state index contributed by atoms with van der Waals surface area (Å²) in [5.74, 6) is 7.79. The van der Waals surface area contributed by atoms with Crippen LogP contribution < -0.4 is 4.90 Å². The van der Waals surface area contributed by atoms with Crippen molar-refractivity contribution in [3.63, 3.8) is 0 Å². The summed E-state index contributed by atoms with van der Waals surface area (Å²) in [5, 5.41) is 4.44. The number of aromatic nitrogens is 5. The molecule has 0 N–H and O–H groups in total. The van der Waals surface area contributed by atoms with E-state index in [-0.39, 0.29) is 0 Å². The van der Waals surface area contributed by atoms with Crippen LogP contribution in [0.3, 0.4) is 0 Å². The number of benzene rings is 1. The predicted molar refractivity (Wildman–Crippen MR) is 105 cm³/mol. The molecular formula is C21H22N6. The Hall–Kier alpha value is -3.20. The Morgan fingerprint density at radius 2 is 1.63 bits per heavy atom. The fraction of sp³-hybridized carbons (Fsp3) is 0.333. The third kappa shape index (κ3) is 3.82. The summed E-state index contributed by atoms with van der Waals surface area (Å²) >= 11 is 0. The van der Waals surface area contributed by atoms with Crippen LogP contribution in [0.25, 0.3) is 5.95 Å². The molecule has 3 heterocycles. The molecule has 0 atom stereocenters. The maximum Gasteiger partial charge on any atom is 0.255 e. The van der Waals surface area contributed by atoms with Crippen molar-refractivity contribution in [3.05, 3.63) is 58.9 Å². The van der Waals surface area contributed by atoms with Gasteiger partial charge in [-0.25, -0.2) is 9.67 Å². The summed E-state index contributed by atoms with van der Waals surface area (Å²) in [7, 11) is 0. The second-order valence-corrected chi connectivity index (χ2v) is 6.84. The molecule has 1 fully saturated rings. The summed E-state index contributed by atoms with van der Waals surface area (Å²) in [5.41, 5.74) is 4.12. The van der Waals surface area contributed by atoms with E-state index in [4.69, 9.17) is 0 Å². The molecule has 1 aliphatic rings. The Labute approximate surface area is 159 Å². The van der Waals surface area contributed by atoms with Gasteiger partial charge in [-0.2, -0.15) is 15.1 Å². The van der Waals surface area contributed by atoms with Gasteiger partial charge in [-0.15, -0.1) is 0 Å². The van der Waals surface area contributed by atoms with Crippen molar-refractivity contribution in [2.45, 2.75) is 33.6 Å². The van der Waals surface area contributed by atoms with E-state index in [1.165, 1.54) is 18.5 Å². The van der Waals surface area contributed by atoms with Crippen molar-refractivity contribution < 1.29 is 0 Å². The maximum absolute atomic E-state index is 4.47. The SMILES string of the molecule is Cc1cc(C)n(-c2nc(C)nc(C#Cc3ccc(N4CCCC4)cc3)n2)n1. The largest absolute Gasteiger partial charge is 0.372 e. The third-order valence-corrected chi connectivity index (χ3v) is 4.59. The Morgan fingerprint density at radius 1 is 0.889 bits per heavy atom. The lowest BCUT2D eigenvalue weighted by Crippen LogP contribution is -2.17. The molecule has 1 aromatic carbocycles. The highest BCUT2D eigenvalue weighted by molar-refractivity contribution is 5.51. The first kappa shape index (κ1) is 17.2. The first-order valence-electron chi connectivity index (χ1n) is 9.22. The van der Waals surface area contributed by atoms with E-state index in [0.29, 0.717) is 17.6 Å². The molecule has 0 amide bonds. The van der Waals surface area contributed by atoms with E-state index in [1.54, 1.807) is 4.68 Å². The van der Waals surface area contributed by atoms with E-state index in [1.807, 2.05) is 26.8 Å². The highest BCUT2D eigenvalue weighted by Crippen LogP contribution is 2.20. The van der Waals surface area contributed by atoms with Gasteiger partial charge in [0.1, 0.15) is 5.82 Å². The quantitative estimate of drug-likeness (QED) is 0.659. The lowest BCUT2D eigenvalue weighted by molar-refractivity contribution is 0.750. The Kier molecular flexibility index (Phi) is 4.59. The first-order chi connectivity index (χ1) is 13.1. The van der Waals surface area contributed by atoms with Crippen molar-refractivity contribution in [3.8, 4) is 17.8 Å². The molecule has 0 bridgehead atoms. The molecule has 1 saturated heterocycles. The summed E-state index contributed by atoms with van der Waals surface area (Å²) in [4.78, 5) is 15.6. The van der Waals surface area contributed by atoms with Gasteiger partial charge in [0, 0.05) is 30.0 Å². The zero-order valence-electron chi connectivity index (χ0n) is 15.9. The number of aryl methyl sites for hydroxylation is 3. The highest BCUT2D eigenvalue weighted by atomic mass is 15.4. The van der Waals surface area contributed by atoms with E-state index < -0.39 is 0 Å². The lowest BCUT2D eigenvalue weighted by Gasteiger charge is -2.17. The number of hydrogen-bond acceptors (Lipinski definition) is 5. The number of rotatable bonds is 2. The summed E-state index contributed by atoms with van der Waals surface area (Å²) in [6.07, 6.45) is 2.55. The number of anilines is 1. The molecule has 6 nitrogen and oxygen atoms in total. The van der Waals surface area contributed by atoms with Crippen LogP contribution in [-0.2, 0) is 0 Å². The van der Waals surface area contributed by atoms with Crippen LogP contribution in [0.2, 0.25) is 0 Å². The van der Waals surface area contributed by atoms with Crippen LogP contribution >= 0.6 is 0 Å². The number of nitrogens with zero attached hydrogens (tertiary/aromatic N) is 6. The van der Waals surface area contributed by atoms with Gasteiger partial charge < -0.3 is 4.90 Å². The Balaban J connectivity index is 1.59. The van der Waals surface area contributed by atoms with Gasteiger partial charge >= 0.3 is 0 Å². The minimum absolute atomic E-state index is 0.452. The molecule has 27 heavy (non-hydrogen) atoms. The van der Waals surface area contributed by atoms with Crippen molar-refractivity contribution in [1.82, 2.24) is 24.7 Å². The number of hydrogen-bond donors (Lipinski definition) is 0. The minimum atomic E-state index is 0.452. The summed E-state index contributed by atoms with van der Waals surface area (Å²) in [6, 6.07) is 10.4. The smallest absolute Gasteiger partial charge is 0.255 e. The fourth-order valence-corrected chi connectivity index (χ4v) is 3.31. The zero-order chi connectivity index (χ0) is 18.8. The Bertz CT molecular complexity index is 1020. The standard InChI is InChI=1S/C21H22N6/c1-15-14-16(2)27(25-15)21-23-17(3)22-20(24-21)11-8-18-6-9-19(10-7-18)26-12-4-5-13-26/h6-7,9-10,14H,4-5,12-13H2,1-3H3. The molecular weight excluding hydrogens is 336 g/mol. The van der Waals surface area contributed by atoms with Crippen LogP contribution in [0.4, 0.5) is 5.69 Å². The van der Waals surface area contributed by atoms with Crippen LogP contribution in [0.1, 0.15) is 41.4 Å². The topological polar surface area (TPSA) is 59.7 Å². The molecule has 2 aromatic heterocycles. The molecule has 136 valence electrons. The van der Waals surface area contributed by atoms with E-state index >= 15 is 0 Å². The van der Waals surface area contributed by atoms with Crippen LogP contribution in [0, 0.1) is 32.6 Å². The maximum atomic E-state index is 4.47. The molecule has 0 saturated carbocycles. The van der Waals surface area contributed by atoms with Crippen molar-refractivity contribution in [2.24, 2.45) is 0 Å². The van der Waals surface area contributed by atoms with Crippen LogP contribution in [0.15, 0.2) is 30.3 Å². The summed E-state index contributed by atoms with van der Waals surface area (Å²) in [6.45, 7) is 8.05. The zero-order valence-corrected chi connectivity index (χ0v) is 15.9. The molecule has 3 aromatic rings. The average molecular weight is 358 g/mol. The van der Waals surface area contributed by atoms with Gasteiger partial charge in [0.25, 0.3) is 5.95 Å². The molecule has 0 aliphatic carbocycles. The van der Waals surface area contributed by atoms with Gasteiger partial charge in [0.05, 0.1) is 5.69 Å². The highest BCUT2D eigenvalue weighted by Gasteiger charge is 2.12. The normalized spacial score (nSPS) is 13.5. The molecule has 0 unspecified atom stereocenters. The fourth-order valence-electron chi connectivity index (χ4n) is 3.31. The van der Waals surface area contributed by atoms with Crippen molar-refractivity contribution in [2.75, 3.05) is 18.0 Å². The minimum Gasteiger partial charge on any atom is -0.372 e. The lowest BCUT2D eigenvalue weighted by atomic mass is 10.2. The van der Waals surface area contributed by atoms with Crippen LogP contribution in [-0.4, -0.2) is 37.8 Å². The average Bonchev–Trinajstić information content (AvgIpc) is 3.29.